The Balaban J connectivity index is 1.22. The zero-order valence-electron chi connectivity index (χ0n) is 10.0. The SMILES string of the molecule is C1OC1CSCC1CCC(CSCC2CO2)[Se]1. The van der Waals surface area contributed by atoms with Gasteiger partial charge in [-0.25, -0.2) is 0 Å². The molecule has 4 atom stereocenters. The molecule has 3 rings (SSSR count). The summed E-state index contributed by atoms with van der Waals surface area (Å²) in [5, 5.41) is 0. The van der Waals surface area contributed by atoms with Gasteiger partial charge >= 0.3 is 119 Å². The molecule has 3 fully saturated rings. The van der Waals surface area contributed by atoms with Crippen molar-refractivity contribution in [3.8, 4) is 0 Å². The zero-order chi connectivity index (χ0) is 11.5. The van der Waals surface area contributed by atoms with E-state index < -0.39 is 0 Å². The van der Waals surface area contributed by atoms with Crippen LogP contribution in [0.15, 0.2) is 0 Å². The van der Waals surface area contributed by atoms with Gasteiger partial charge in [-0.2, -0.15) is 0 Å². The first kappa shape index (κ1) is 13.1. The number of ether oxygens (including phenoxy) is 2. The summed E-state index contributed by atoms with van der Waals surface area (Å²) in [6, 6.07) is 0. The Bertz CT molecular complexity index is 223. The standard InChI is InChI=1S/C12H20O2S2Se/c1-2-12(8-16-6-10-4-14-10)17-11(1)7-15-5-9-3-13-9/h9-12H,1-8H2. The molecule has 3 aliphatic heterocycles. The van der Waals surface area contributed by atoms with Gasteiger partial charge in [-0.3, -0.25) is 0 Å². The zero-order valence-corrected chi connectivity index (χ0v) is 13.4. The molecule has 3 aliphatic rings. The molecule has 0 bridgehead atoms. The number of hydrogen-bond acceptors (Lipinski definition) is 4. The van der Waals surface area contributed by atoms with E-state index in [4.69, 9.17) is 9.47 Å². The van der Waals surface area contributed by atoms with Crippen LogP contribution in [0.3, 0.4) is 0 Å². The van der Waals surface area contributed by atoms with Crippen molar-refractivity contribution in [2.24, 2.45) is 0 Å². The summed E-state index contributed by atoms with van der Waals surface area (Å²) in [5.74, 6) is 5.27. The van der Waals surface area contributed by atoms with E-state index in [2.05, 4.69) is 23.5 Å². The van der Waals surface area contributed by atoms with E-state index in [0.717, 1.165) is 37.8 Å². The molecule has 0 amide bonds. The number of hydrogen-bond donors (Lipinski definition) is 0. The van der Waals surface area contributed by atoms with E-state index in [1.165, 1.54) is 35.9 Å². The summed E-state index contributed by atoms with van der Waals surface area (Å²) in [6.07, 6.45) is 4.20. The molecule has 0 N–H and O–H groups in total. The van der Waals surface area contributed by atoms with Crippen molar-refractivity contribution in [2.45, 2.75) is 34.7 Å². The van der Waals surface area contributed by atoms with Gasteiger partial charge in [0, 0.05) is 0 Å². The second-order valence-electron chi connectivity index (χ2n) is 4.94. The van der Waals surface area contributed by atoms with Crippen LogP contribution in [-0.4, -0.2) is 63.4 Å². The average molecular weight is 339 g/mol. The van der Waals surface area contributed by atoms with Gasteiger partial charge in [-0.1, -0.05) is 0 Å². The molecule has 17 heavy (non-hydrogen) atoms. The molecule has 4 unspecified atom stereocenters. The maximum absolute atomic E-state index is 5.24. The average Bonchev–Trinajstić information content (AvgIpc) is 3.22. The summed E-state index contributed by atoms with van der Waals surface area (Å²) >= 11 is 5.15. The molecular formula is C12H20O2S2Se. The van der Waals surface area contributed by atoms with Crippen molar-refractivity contribution in [2.75, 3.05) is 36.2 Å². The molecule has 98 valence electrons. The van der Waals surface area contributed by atoms with E-state index >= 15 is 0 Å². The molecule has 2 nitrogen and oxygen atoms in total. The first-order chi connectivity index (χ1) is 8.40. The van der Waals surface area contributed by atoms with E-state index in [9.17, 15) is 0 Å². The van der Waals surface area contributed by atoms with Crippen molar-refractivity contribution < 1.29 is 9.47 Å². The Kier molecular flexibility index (Phi) is 5.05. The molecule has 5 heteroatoms. The van der Waals surface area contributed by atoms with E-state index in [1.54, 1.807) is 0 Å². The van der Waals surface area contributed by atoms with Gasteiger partial charge < -0.3 is 0 Å². The van der Waals surface area contributed by atoms with Crippen LogP contribution in [0.4, 0.5) is 0 Å². The van der Waals surface area contributed by atoms with Crippen LogP contribution in [-0.2, 0) is 9.47 Å². The molecule has 0 aliphatic carbocycles. The molecule has 0 aromatic carbocycles. The van der Waals surface area contributed by atoms with Crippen molar-refractivity contribution in [1.29, 1.82) is 0 Å². The van der Waals surface area contributed by atoms with Gasteiger partial charge in [-0.15, -0.1) is 0 Å². The molecule has 0 saturated carbocycles. The Labute approximate surface area is 118 Å². The fraction of sp³-hybridized carbons (Fsp3) is 1.00. The summed E-state index contributed by atoms with van der Waals surface area (Å²) in [4.78, 5) is 2.10. The van der Waals surface area contributed by atoms with Crippen LogP contribution >= 0.6 is 23.5 Å². The Hall–Kier alpha value is 1.14. The van der Waals surface area contributed by atoms with E-state index in [1.807, 2.05) is 0 Å². The van der Waals surface area contributed by atoms with Gasteiger partial charge in [0.1, 0.15) is 0 Å². The molecular weight excluding hydrogens is 319 g/mol. The third kappa shape index (κ3) is 4.96. The Morgan fingerprint density at radius 3 is 1.71 bits per heavy atom. The molecule has 3 saturated heterocycles. The first-order valence-electron chi connectivity index (χ1n) is 6.44. The van der Waals surface area contributed by atoms with Gasteiger partial charge in [0.25, 0.3) is 0 Å². The Morgan fingerprint density at radius 2 is 1.29 bits per heavy atom. The second-order valence-corrected chi connectivity index (χ2v) is 10.5. The van der Waals surface area contributed by atoms with E-state index in [-0.39, 0.29) is 0 Å². The van der Waals surface area contributed by atoms with Gasteiger partial charge in [0.05, 0.1) is 0 Å². The van der Waals surface area contributed by atoms with Crippen LogP contribution in [0, 0.1) is 0 Å². The van der Waals surface area contributed by atoms with Crippen LogP contribution in [0.1, 0.15) is 12.8 Å². The summed E-state index contributed by atoms with van der Waals surface area (Å²) < 4.78 is 10.5. The van der Waals surface area contributed by atoms with Crippen LogP contribution in [0.2, 0.25) is 9.63 Å². The quantitative estimate of drug-likeness (QED) is 0.501. The van der Waals surface area contributed by atoms with Crippen LogP contribution in [0.5, 0.6) is 0 Å². The summed E-state index contributed by atoms with van der Waals surface area (Å²) in [7, 11) is 0. The fourth-order valence-corrected chi connectivity index (χ4v) is 8.70. The van der Waals surface area contributed by atoms with Crippen molar-refractivity contribution in [1.82, 2.24) is 0 Å². The molecule has 0 radical (unpaired) electrons. The van der Waals surface area contributed by atoms with Crippen molar-refractivity contribution in [3.63, 3.8) is 0 Å². The number of thioether (sulfide) groups is 2. The molecule has 3 heterocycles. The van der Waals surface area contributed by atoms with Crippen LogP contribution in [0.25, 0.3) is 0 Å². The second kappa shape index (κ2) is 6.53. The van der Waals surface area contributed by atoms with Gasteiger partial charge in [0.15, 0.2) is 0 Å². The van der Waals surface area contributed by atoms with Crippen molar-refractivity contribution >= 4 is 38.5 Å². The first-order valence-corrected chi connectivity index (χ1v) is 10.7. The molecule has 0 aromatic rings. The van der Waals surface area contributed by atoms with Crippen molar-refractivity contribution in [3.05, 3.63) is 0 Å². The monoisotopic (exact) mass is 340 g/mol. The Morgan fingerprint density at radius 1 is 0.824 bits per heavy atom. The normalized spacial score (nSPS) is 39.5. The summed E-state index contributed by atoms with van der Waals surface area (Å²) in [6.45, 7) is 2.04. The molecule has 0 aromatic heterocycles. The van der Waals surface area contributed by atoms with Crippen LogP contribution < -0.4 is 0 Å². The molecule has 0 spiro atoms. The topological polar surface area (TPSA) is 25.1 Å². The third-order valence-corrected chi connectivity index (χ3v) is 9.96. The van der Waals surface area contributed by atoms with E-state index in [0.29, 0.717) is 12.2 Å². The van der Waals surface area contributed by atoms with Gasteiger partial charge in [-0.05, 0) is 0 Å². The predicted molar refractivity (Wildman–Crippen MR) is 76.6 cm³/mol. The van der Waals surface area contributed by atoms with Gasteiger partial charge in [0.2, 0.25) is 0 Å². The predicted octanol–water partition coefficient (Wildman–Crippen LogP) is 2.33. The number of rotatable bonds is 8. The maximum atomic E-state index is 5.24. The minimum atomic E-state index is 0.610. The number of epoxide rings is 2. The third-order valence-electron chi connectivity index (χ3n) is 3.22. The summed E-state index contributed by atoms with van der Waals surface area (Å²) in [5.41, 5.74) is 0. The fourth-order valence-electron chi connectivity index (χ4n) is 2.02. The minimum absolute atomic E-state index is 0.610.